The second-order valence-electron chi connectivity index (χ2n) is 5.41. The first-order chi connectivity index (χ1) is 13.1. The number of amides is 1. The third-order valence-electron chi connectivity index (χ3n) is 3.58. The number of nitrogens with one attached hydrogen (secondary N) is 2. The Hall–Kier alpha value is -3.45. The molecule has 2 N–H and O–H groups in total. The van der Waals surface area contributed by atoms with E-state index in [0.717, 1.165) is 0 Å². The van der Waals surface area contributed by atoms with Gasteiger partial charge in [0, 0.05) is 5.69 Å². The van der Waals surface area contributed by atoms with Crippen molar-refractivity contribution in [2.24, 2.45) is 0 Å². The lowest BCUT2D eigenvalue weighted by Crippen LogP contribution is -2.14. The van der Waals surface area contributed by atoms with Gasteiger partial charge in [-0.1, -0.05) is 23.7 Å². The van der Waals surface area contributed by atoms with Gasteiger partial charge in [-0.15, -0.1) is 0 Å². The number of carbonyl (C=O) groups excluding carboxylic acids is 2. The Morgan fingerprint density at radius 1 is 1.00 bits per heavy atom. The van der Waals surface area contributed by atoms with Gasteiger partial charge in [-0.05, 0) is 36.4 Å². The maximum atomic E-state index is 12.2. The number of carbonyl (C=O) groups is 2. The van der Waals surface area contributed by atoms with E-state index < -0.39 is 11.9 Å². The summed E-state index contributed by atoms with van der Waals surface area (Å²) in [5.74, 6) is -0.366. The van der Waals surface area contributed by atoms with Crippen molar-refractivity contribution in [3.8, 4) is 0 Å². The van der Waals surface area contributed by atoms with Crippen molar-refractivity contribution in [3.05, 3.63) is 77.2 Å². The molecule has 1 heterocycles. The highest BCUT2D eigenvalue weighted by molar-refractivity contribution is 6.33. The molecular formula is C19H15ClN4O3. The third kappa shape index (κ3) is 4.59. The molecule has 0 aliphatic carbocycles. The normalized spacial score (nSPS) is 10.1. The minimum Gasteiger partial charge on any atom is -0.465 e. The van der Waals surface area contributed by atoms with Crippen LogP contribution in [0.4, 0.5) is 17.2 Å². The standard InChI is InChI=1S/C19H15ClN4O3/c1-27-19(26)12-6-8-13(9-7-12)23-17-11-21-16(10-22-17)18(25)24-15-5-3-2-4-14(15)20/h2-11H,1H3,(H,22,23)(H,24,25). The van der Waals surface area contributed by atoms with Crippen LogP contribution in [0.2, 0.25) is 5.02 Å². The average Bonchev–Trinajstić information content (AvgIpc) is 2.70. The van der Waals surface area contributed by atoms with Crippen LogP contribution in [-0.4, -0.2) is 29.0 Å². The SMILES string of the molecule is COC(=O)c1ccc(Nc2cnc(C(=O)Nc3ccccc3Cl)cn2)cc1. The first-order valence-electron chi connectivity index (χ1n) is 7.90. The van der Waals surface area contributed by atoms with Crippen molar-refractivity contribution in [1.29, 1.82) is 0 Å². The highest BCUT2D eigenvalue weighted by atomic mass is 35.5. The van der Waals surface area contributed by atoms with Crippen LogP contribution in [0.3, 0.4) is 0 Å². The van der Waals surface area contributed by atoms with Crippen LogP contribution in [0.1, 0.15) is 20.8 Å². The van der Waals surface area contributed by atoms with Gasteiger partial charge >= 0.3 is 5.97 Å². The molecule has 0 aliphatic heterocycles. The van der Waals surface area contributed by atoms with Crippen molar-refractivity contribution in [2.75, 3.05) is 17.7 Å². The Morgan fingerprint density at radius 3 is 2.37 bits per heavy atom. The molecule has 27 heavy (non-hydrogen) atoms. The van der Waals surface area contributed by atoms with Gasteiger partial charge in [-0.2, -0.15) is 0 Å². The van der Waals surface area contributed by atoms with Crippen LogP contribution >= 0.6 is 11.6 Å². The Labute approximate surface area is 160 Å². The lowest BCUT2D eigenvalue weighted by atomic mass is 10.2. The van der Waals surface area contributed by atoms with Crippen molar-refractivity contribution in [3.63, 3.8) is 0 Å². The zero-order chi connectivity index (χ0) is 19.2. The topological polar surface area (TPSA) is 93.2 Å². The molecule has 2 aromatic carbocycles. The summed E-state index contributed by atoms with van der Waals surface area (Å²) in [5, 5.41) is 6.15. The van der Waals surface area contributed by atoms with E-state index in [1.807, 2.05) is 0 Å². The van der Waals surface area contributed by atoms with E-state index in [9.17, 15) is 9.59 Å². The molecule has 0 saturated carbocycles. The number of anilines is 3. The average molecular weight is 383 g/mol. The van der Waals surface area contributed by atoms with Crippen molar-refractivity contribution in [2.45, 2.75) is 0 Å². The first-order valence-corrected chi connectivity index (χ1v) is 8.28. The second kappa shape index (κ2) is 8.29. The molecule has 1 aromatic heterocycles. The summed E-state index contributed by atoms with van der Waals surface area (Å²) in [4.78, 5) is 31.9. The van der Waals surface area contributed by atoms with Crippen molar-refractivity contribution in [1.82, 2.24) is 9.97 Å². The second-order valence-corrected chi connectivity index (χ2v) is 5.82. The number of esters is 1. The van der Waals surface area contributed by atoms with Gasteiger partial charge in [0.15, 0.2) is 0 Å². The first kappa shape index (κ1) is 18.3. The van der Waals surface area contributed by atoms with E-state index in [1.54, 1.807) is 48.5 Å². The number of rotatable bonds is 5. The largest absolute Gasteiger partial charge is 0.465 e. The summed E-state index contributed by atoms with van der Waals surface area (Å²) >= 11 is 6.02. The van der Waals surface area contributed by atoms with Gasteiger partial charge in [0.2, 0.25) is 0 Å². The van der Waals surface area contributed by atoms with E-state index in [0.29, 0.717) is 27.8 Å². The molecule has 0 bridgehead atoms. The van der Waals surface area contributed by atoms with Crippen LogP contribution < -0.4 is 10.6 Å². The predicted octanol–water partition coefficient (Wildman–Crippen LogP) is 3.91. The number of nitrogens with zero attached hydrogens (tertiary/aromatic N) is 2. The number of hydrogen-bond acceptors (Lipinski definition) is 6. The monoisotopic (exact) mass is 382 g/mol. The zero-order valence-electron chi connectivity index (χ0n) is 14.3. The summed E-state index contributed by atoms with van der Waals surface area (Å²) in [6.45, 7) is 0. The summed E-state index contributed by atoms with van der Waals surface area (Å²) < 4.78 is 4.65. The van der Waals surface area contributed by atoms with Crippen LogP contribution in [0.5, 0.6) is 0 Å². The molecule has 3 rings (SSSR count). The molecular weight excluding hydrogens is 368 g/mol. The minimum absolute atomic E-state index is 0.154. The van der Waals surface area contributed by atoms with Gasteiger partial charge in [-0.3, -0.25) is 4.79 Å². The maximum Gasteiger partial charge on any atom is 0.337 e. The molecule has 0 radical (unpaired) electrons. The fraction of sp³-hybridized carbons (Fsp3) is 0.0526. The molecule has 1 amide bonds. The lowest BCUT2D eigenvalue weighted by molar-refractivity contribution is 0.0600. The third-order valence-corrected chi connectivity index (χ3v) is 3.91. The van der Waals surface area contributed by atoms with Gasteiger partial charge < -0.3 is 15.4 Å². The zero-order valence-corrected chi connectivity index (χ0v) is 15.0. The van der Waals surface area contributed by atoms with E-state index >= 15 is 0 Å². The van der Waals surface area contributed by atoms with Crippen LogP contribution in [0.25, 0.3) is 0 Å². The molecule has 0 saturated heterocycles. The summed E-state index contributed by atoms with van der Waals surface area (Å²) in [6, 6.07) is 13.6. The maximum absolute atomic E-state index is 12.2. The highest BCUT2D eigenvalue weighted by Gasteiger charge is 2.10. The van der Waals surface area contributed by atoms with Crippen molar-refractivity contribution < 1.29 is 14.3 Å². The molecule has 0 atom stereocenters. The molecule has 3 aromatic rings. The van der Waals surface area contributed by atoms with E-state index in [4.69, 9.17) is 11.6 Å². The Kier molecular flexibility index (Phi) is 5.63. The predicted molar refractivity (Wildman–Crippen MR) is 103 cm³/mol. The summed E-state index contributed by atoms with van der Waals surface area (Å²) in [6.07, 6.45) is 2.80. The van der Waals surface area contributed by atoms with Crippen LogP contribution in [0.15, 0.2) is 60.9 Å². The van der Waals surface area contributed by atoms with E-state index in [1.165, 1.54) is 19.5 Å². The molecule has 0 fully saturated rings. The Bertz CT molecular complexity index is 959. The smallest absolute Gasteiger partial charge is 0.337 e. The van der Waals surface area contributed by atoms with Gasteiger partial charge in [-0.25, -0.2) is 14.8 Å². The fourth-order valence-corrected chi connectivity index (χ4v) is 2.40. The number of benzene rings is 2. The van der Waals surface area contributed by atoms with E-state index in [-0.39, 0.29) is 5.69 Å². The fourth-order valence-electron chi connectivity index (χ4n) is 2.21. The molecule has 0 aliphatic rings. The quantitative estimate of drug-likeness (QED) is 0.650. The number of para-hydroxylation sites is 1. The Morgan fingerprint density at radius 2 is 1.74 bits per heavy atom. The van der Waals surface area contributed by atoms with E-state index in [2.05, 4.69) is 25.3 Å². The summed E-state index contributed by atoms with van der Waals surface area (Å²) in [7, 11) is 1.33. The van der Waals surface area contributed by atoms with Gasteiger partial charge in [0.25, 0.3) is 5.91 Å². The number of halogens is 1. The number of hydrogen-bond donors (Lipinski definition) is 2. The van der Waals surface area contributed by atoms with Crippen LogP contribution in [-0.2, 0) is 4.74 Å². The van der Waals surface area contributed by atoms with Gasteiger partial charge in [0.05, 0.1) is 35.8 Å². The van der Waals surface area contributed by atoms with Gasteiger partial charge in [0.1, 0.15) is 11.5 Å². The minimum atomic E-state index is -0.412. The molecule has 0 spiro atoms. The summed E-state index contributed by atoms with van der Waals surface area (Å²) in [5.41, 5.74) is 1.81. The highest BCUT2D eigenvalue weighted by Crippen LogP contribution is 2.21. The molecule has 0 unspecified atom stereocenters. The van der Waals surface area contributed by atoms with Crippen LogP contribution in [0, 0.1) is 0 Å². The molecule has 136 valence electrons. The van der Waals surface area contributed by atoms with Crippen molar-refractivity contribution >= 4 is 40.7 Å². The number of methoxy groups -OCH3 is 1. The molecule has 8 heteroatoms. The number of aromatic nitrogens is 2. The Balaban J connectivity index is 1.65. The molecule has 7 nitrogen and oxygen atoms in total. The number of ether oxygens (including phenoxy) is 1. The lowest BCUT2D eigenvalue weighted by Gasteiger charge is -2.08.